The summed E-state index contributed by atoms with van der Waals surface area (Å²) >= 11 is 1.95. The van der Waals surface area contributed by atoms with Gasteiger partial charge in [0.1, 0.15) is 11.6 Å². The molecule has 1 atom stereocenters. The molecule has 0 fully saturated rings. The number of benzene rings is 1. The molecule has 1 rings (SSSR count). The van der Waals surface area contributed by atoms with Crippen LogP contribution in [-0.2, 0) is 5.60 Å². The number of aliphatic hydroxyl groups is 1. The van der Waals surface area contributed by atoms with Crippen LogP contribution in [-0.4, -0.2) is 19.8 Å². The number of hydrogen-bond donors (Lipinski definition) is 1. The number of rotatable bonds is 3. The Balaban J connectivity index is 3.17. The Kier molecular flexibility index (Phi) is 4.02. The van der Waals surface area contributed by atoms with E-state index in [9.17, 15) is 13.9 Å². The van der Waals surface area contributed by atoms with E-state index >= 15 is 0 Å². The predicted octanol–water partition coefficient (Wildman–Crippen LogP) is 2.17. The van der Waals surface area contributed by atoms with Crippen molar-refractivity contribution in [3.8, 4) is 0 Å². The second kappa shape index (κ2) is 4.67. The van der Waals surface area contributed by atoms with E-state index in [0.717, 1.165) is 12.1 Å². The Bertz CT molecular complexity index is 329. The van der Waals surface area contributed by atoms with E-state index in [-0.39, 0.29) is 11.6 Å². The predicted molar refractivity (Wildman–Crippen MR) is 59.7 cm³/mol. The van der Waals surface area contributed by atoms with E-state index in [0.29, 0.717) is 4.43 Å². The van der Waals surface area contributed by atoms with Crippen LogP contribution in [0.4, 0.5) is 8.78 Å². The standard InChI is InChI=1S/C9H8F2IOSi/c10-6-1-2-7(8(11)3-6)9(13,4-12)5-14/h1-3,13H,4-5H2. The third kappa shape index (κ3) is 2.32. The zero-order valence-corrected chi connectivity index (χ0v) is 10.4. The second-order valence-electron chi connectivity index (χ2n) is 2.97. The molecule has 3 radical (unpaired) electrons. The molecule has 0 spiro atoms. The maximum Gasteiger partial charge on any atom is 0.132 e. The minimum absolute atomic E-state index is 0.114. The zero-order chi connectivity index (χ0) is 10.8. The molecule has 1 aromatic rings. The van der Waals surface area contributed by atoms with Gasteiger partial charge in [0.05, 0.1) is 5.60 Å². The van der Waals surface area contributed by atoms with Gasteiger partial charge < -0.3 is 5.11 Å². The average Bonchev–Trinajstić information content (AvgIpc) is 2.17. The summed E-state index contributed by atoms with van der Waals surface area (Å²) in [6.07, 6.45) is 0. The molecule has 0 bridgehead atoms. The lowest BCUT2D eigenvalue weighted by molar-refractivity contribution is 0.0836. The van der Waals surface area contributed by atoms with Crippen LogP contribution in [0.5, 0.6) is 0 Å². The summed E-state index contributed by atoms with van der Waals surface area (Å²) in [5.41, 5.74) is -1.17. The van der Waals surface area contributed by atoms with Crippen LogP contribution in [0, 0.1) is 11.6 Å². The van der Waals surface area contributed by atoms with E-state index in [4.69, 9.17) is 0 Å². The van der Waals surface area contributed by atoms with E-state index < -0.39 is 17.2 Å². The lowest BCUT2D eigenvalue weighted by Crippen LogP contribution is -2.28. The van der Waals surface area contributed by atoms with Gasteiger partial charge in [-0.3, -0.25) is 0 Å². The average molecular weight is 325 g/mol. The summed E-state index contributed by atoms with van der Waals surface area (Å²) in [6.45, 7) is 0. The van der Waals surface area contributed by atoms with Gasteiger partial charge in [-0.25, -0.2) is 8.78 Å². The van der Waals surface area contributed by atoms with Gasteiger partial charge in [0.25, 0.3) is 0 Å². The molecular weight excluding hydrogens is 317 g/mol. The molecule has 0 saturated carbocycles. The van der Waals surface area contributed by atoms with E-state index in [1.54, 1.807) is 0 Å². The molecule has 1 nitrogen and oxygen atoms in total. The lowest BCUT2D eigenvalue weighted by Gasteiger charge is -2.25. The second-order valence-corrected chi connectivity index (χ2v) is 4.08. The normalized spacial score (nSPS) is 15.2. The minimum Gasteiger partial charge on any atom is -0.385 e. The number of alkyl halides is 1. The van der Waals surface area contributed by atoms with E-state index in [1.807, 2.05) is 22.6 Å². The third-order valence-corrected chi connectivity index (χ3v) is 3.79. The van der Waals surface area contributed by atoms with E-state index in [1.165, 1.54) is 6.07 Å². The maximum atomic E-state index is 13.3. The molecule has 0 saturated heterocycles. The maximum absolute atomic E-state index is 13.3. The highest BCUT2D eigenvalue weighted by atomic mass is 127. The molecule has 0 aliphatic carbocycles. The molecule has 0 aromatic heterocycles. The van der Waals surface area contributed by atoms with Crippen LogP contribution >= 0.6 is 22.6 Å². The molecule has 14 heavy (non-hydrogen) atoms. The molecule has 0 aliphatic rings. The van der Waals surface area contributed by atoms with Crippen molar-refractivity contribution in [3.63, 3.8) is 0 Å². The quantitative estimate of drug-likeness (QED) is 0.513. The Morgan fingerprint density at radius 1 is 1.43 bits per heavy atom. The van der Waals surface area contributed by atoms with Crippen molar-refractivity contribution < 1.29 is 13.9 Å². The summed E-state index contributed by atoms with van der Waals surface area (Å²) < 4.78 is 26.2. The first kappa shape index (κ1) is 12.1. The van der Waals surface area contributed by atoms with Crippen LogP contribution in [0.3, 0.4) is 0 Å². The highest BCUT2D eigenvalue weighted by molar-refractivity contribution is 14.1. The SMILES string of the molecule is OC(C[Si])(CI)c1ccc(F)cc1F. The van der Waals surface area contributed by atoms with Gasteiger partial charge in [0, 0.05) is 26.3 Å². The van der Waals surface area contributed by atoms with Crippen LogP contribution in [0.1, 0.15) is 5.56 Å². The van der Waals surface area contributed by atoms with Crippen LogP contribution in [0.15, 0.2) is 18.2 Å². The van der Waals surface area contributed by atoms with Crippen molar-refractivity contribution in [3.05, 3.63) is 35.4 Å². The topological polar surface area (TPSA) is 20.2 Å². The van der Waals surface area contributed by atoms with Crippen molar-refractivity contribution >= 4 is 32.8 Å². The highest BCUT2D eigenvalue weighted by Crippen LogP contribution is 2.29. The molecule has 5 heteroatoms. The molecule has 0 amide bonds. The third-order valence-electron chi connectivity index (χ3n) is 1.95. The molecule has 0 heterocycles. The fraction of sp³-hybridized carbons (Fsp3) is 0.333. The Labute approximate surface area is 98.1 Å². The van der Waals surface area contributed by atoms with Gasteiger partial charge in [-0.2, -0.15) is 0 Å². The number of halogens is 3. The van der Waals surface area contributed by atoms with Gasteiger partial charge in [-0.05, 0) is 12.1 Å². The Morgan fingerprint density at radius 3 is 2.50 bits per heavy atom. The molecule has 1 aromatic carbocycles. The lowest BCUT2D eigenvalue weighted by atomic mass is 9.97. The fourth-order valence-electron chi connectivity index (χ4n) is 1.08. The molecule has 1 N–H and O–H groups in total. The summed E-state index contributed by atoms with van der Waals surface area (Å²) in [5, 5.41) is 9.95. The van der Waals surface area contributed by atoms with Gasteiger partial charge in [-0.1, -0.05) is 28.7 Å². The van der Waals surface area contributed by atoms with Gasteiger partial charge in [0.15, 0.2) is 0 Å². The summed E-state index contributed by atoms with van der Waals surface area (Å²) in [7, 11) is 3.16. The smallest absolute Gasteiger partial charge is 0.132 e. The summed E-state index contributed by atoms with van der Waals surface area (Å²) in [4.78, 5) is 0. The molecule has 1 unspecified atom stereocenters. The first-order valence-corrected chi connectivity index (χ1v) is 6.15. The van der Waals surface area contributed by atoms with Crippen molar-refractivity contribution in [1.29, 1.82) is 0 Å². The molecule has 75 valence electrons. The summed E-state index contributed by atoms with van der Waals surface area (Å²) in [6, 6.07) is 3.38. The number of hydrogen-bond acceptors (Lipinski definition) is 1. The fourth-order valence-corrected chi connectivity index (χ4v) is 2.59. The zero-order valence-electron chi connectivity index (χ0n) is 7.23. The largest absolute Gasteiger partial charge is 0.385 e. The van der Waals surface area contributed by atoms with Gasteiger partial charge >= 0.3 is 0 Å². The van der Waals surface area contributed by atoms with Crippen LogP contribution in [0.2, 0.25) is 6.04 Å². The Morgan fingerprint density at radius 2 is 2.07 bits per heavy atom. The van der Waals surface area contributed by atoms with Crippen molar-refractivity contribution in [1.82, 2.24) is 0 Å². The first-order chi connectivity index (χ1) is 6.53. The first-order valence-electron chi connectivity index (χ1n) is 3.92. The Hall–Kier alpha value is -0.0131. The molecule has 0 aliphatic heterocycles. The van der Waals surface area contributed by atoms with Crippen molar-refractivity contribution in [2.75, 3.05) is 4.43 Å². The van der Waals surface area contributed by atoms with Crippen LogP contribution < -0.4 is 0 Å². The van der Waals surface area contributed by atoms with Crippen molar-refractivity contribution in [2.24, 2.45) is 0 Å². The highest BCUT2D eigenvalue weighted by Gasteiger charge is 2.28. The van der Waals surface area contributed by atoms with Gasteiger partial charge in [0.2, 0.25) is 0 Å². The molecular formula is C9H8F2IOSi. The van der Waals surface area contributed by atoms with Crippen LogP contribution in [0.25, 0.3) is 0 Å². The van der Waals surface area contributed by atoms with Crippen molar-refractivity contribution in [2.45, 2.75) is 11.6 Å². The minimum atomic E-state index is -1.28. The van der Waals surface area contributed by atoms with Gasteiger partial charge in [-0.15, -0.1) is 0 Å². The van der Waals surface area contributed by atoms with E-state index in [2.05, 4.69) is 10.2 Å². The summed E-state index contributed by atoms with van der Waals surface area (Å²) in [5.74, 6) is -1.36. The monoisotopic (exact) mass is 325 g/mol.